The maximum absolute atomic E-state index is 11.0. The number of allylic oxidation sites excluding steroid dienone is 1. The highest BCUT2D eigenvalue weighted by Gasteiger charge is 2.36. The fourth-order valence-electron chi connectivity index (χ4n) is 1.89. The molecule has 118 valence electrons. The monoisotopic (exact) mass is 304 g/mol. The molecule has 0 aromatic rings. The van der Waals surface area contributed by atoms with Gasteiger partial charge < -0.3 is 18.0 Å². The van der Waals surface area contributed by atoms with Crippen molar-refractivity contribution in [3.05, 3.63) is 12.2 Å². The number of hydrogen-bond acceptors (Lipinski definition) is 5. The van der Waals surface area contributed by atoms with Gasteiger partial charge in [0.2, 0.25) is 0 Å². The summed E-state index contributed by atoms with van der Waals surface area (Å²) in [5.41, 5.74) is 0. The van der Waals surface area contributed by atoms with Gasteiger partial charge in [-0.05, 0) is 19.8 Å². The smallest absolute Gasteiger partial charge is 0.463 e. The molecular weight excluding hydrogens is 276 g/mol. The second-order valence-electron chi connectivity index (χ2n) is 4.48. The summed E-state index contributed by atoms with van der Waals surface area (Å²) < 4.78 is 21.1. The van der Waals surface area contributed by atoms with E-state index in [1.165, 1.54) is 6.08 Å². The van der Waals surface area contributed by atoms with Crippen molar-refractivity contribution in [1.82, 2.24) is 0 Å². The van der Waals surface area contributed by atoms with Crippen LogP contribution in [0.25, 0.3) is 0 Å². The Bertz CT molecular complexity index is 268. The van der Waals surface area contributed by atoms with Gasteiger partial charge >= 0.3 is 14.8 Å². The Morgan fingerprint density at radius 1 is 0.950 bits per heavy atom. The van der Waals surface area contributed by atoms with E-state index in [0.717, 1.165) is 38.1 Å². The minimum atomic E-state index is -2.39. The molecule has 0 spiro atoms. The molecule has 0 N–H and O–H groups in total. The van der Waals surface area contributed by atoms with E-state index in [-0.39, 0.29) is 5.97 Å². The lowest BCUT2D eigenvalue weighted by Crippen LogP contribution is -2.42. The van der Waals surface area contributed by atoms with E-state index in [9.17, 15) is 4.79 Å². The fraction of sp³-hybridized carbons (Fsp3) is 0.786. The number of ether oxygens (including phenoxy) is 1. The molecule has 0 unspecified atom stereocenters. The first kappa shape index (κ1) is 19.3. The molecule has 0 atom stereocenters. The molecule has 0 aromatic carbocycles. The van der Waals surface area contributed by atoms with Crippen molar-refractivity contribution in [3.63, 3.8) is 0 Å². The van der Waals surface area contributed by atoms with Gasteiger partial charge in [0, 0.05) is 33.4 Å². The van der Waals surface area contributed by atoms with Crippen molar-refractivity contribution < 1.29 is 22.8 Å². The number of esters is 1. The number of hydrogen-bond donors (Lipinski definition) is 0. The predicted molar refractivity (Wildman–Crippen MR) is 80.4 cm³/mol. The average molecular weight is 304 g/mol. The van der Waals surface area contributed by atoms with Gasteiger partial charge in [0.05, 0.1) is 6.61 Å². The minimum Gasteiger partial charge on any atom is -0.463 e. The molecule has 0 saturated heterocycles. The van der Waals surface area contributed by atoms with E-state index in [1.807, 2.05) is 0 Å². The van der Waals surface area contributed by atoms with E-state index in [1.54, 1.807) is 34.3 Å². The first-order chi connectivity index (χ1) is 9.64. The van der Waals surface area contributed by atoms with Crippen LogP contribution in [0, 0.1) is 0 Å². The molecule has 0 bridgehead atoms. The average Bonchev–Trinajstić information content (AvgIpc) is 2.47. The number of carbonyl (C=O) groups excluding carboxylic acids is 1. The molecule has 0 aliphatic carbocycles. The summed E-state index contributed by atoms with van der Waals surface area (Å²) in [7, 11) is 2.52. The van der Waals surface area contributed by atoms with E-state index < -0.39 is 8.80 Å². The van der Waals surface area contributed by atoms with Crippen LogP contribution in [0.4, 0.5) is 0 Å². The van der Waals surface area contributed by atoms with Gasteiger partial charge in [-0.25, -0.2) is 4.79 Å². The molecule has 0 amide bonds. The zero-order valence-corrected chi connectivity index (χ0v) is 14.1. The highest BCUT2D eigenvalue weighted by atomic mass is 28.4. The van der Waals surface area contributed by atoms with E-state index in [0.29, 0.717) is 6.61 Å². The van der Waals surface area contributed by atoms with Crippen LogP contribution in [0.15, 0.2) is 12.2 Å². The first-order valence-electron chi connectivity index (χ1n) is 7.09. The number of unbranched alkanes of at least 4 members (excludes halogenated alkanes) is 4. The normalized spacial score (nSPS) is 12.0. The molecule has 0 saturated carbocycles. The molecule has 0 radical (unpaired) electrons. The summed E-state index contributed by atoms with van der Waals surface area (Å²) in [5.74, 6) is -0.261. The van der Waals surface area contributed by atoms with Crippen LogP contribution in [0.1, 0.15) is 39.0 Å². The maximum Gasteiger partial charge on any atom is 0.500 e. The van der Waals surface area contributed by atoms with Gasteiger partial charge in [-0.2, -0.15) is 0 Å². The van der Waals surface area contributed by atoms with Crippen molar-refractivity contribution in [2.24, 2.45) is 0 Å². The van der Waals surface area contributed by atoms with Crippen molar-refractivity contribution in [1.29, 1.82) is 0 Å². The Morgan fingerprint density at radius 2 is 1.50 bits per heavy atom. The zero-order chi connectivity index (χ0) is 15.3. The van der Waals surface area contributed by atoms with Crippen LogP contribution in [-0.2, 0) is 22.8 Å². The van der Waals surface area contributed by atoms with E-state index in [4.69, 9.17) is 18.0 Å². The lowest BCUT2D eigenvalue weighted by atomic mass is 10.2. The Labute approximate surface area is 123 Å². The zero-order valence-electron chi connectivity index (χ0n) is 13.1. The maximum atomic E-state index is 11.0. The Balaban J connectivity index is 3.51. The summed E-state index contributed by atoms with van der Waals surface area (Å²) >= 11 is 0. The Kier molecular flexibility index (Phi) is 11.7. The molecule has 0 aliphatic rings. The van der Waals surface area contributed by atoms with Crippen LogP contribution in [0.3, 0.4) is 0 Å². The highest BCUT2D eigenvalue weighted by Crippen LogP contribution is 2.17. The van der Waals surface area contributed by atoms with Crippen LogP contribution < -0.4 is 0 Å². The van der Waals surface area contributed by atoms with Crippen molar-refractivity contribution >= 4 is 14.8 Å². The second-order valence-corrected chi connectivity index (χ2v) is 7.57. The van der Waals surface area contributed by atoms with Crippen LogP contribution in [-0.4, -0.2) is 42.7 Å². The summed E-state index contributed by atoms with van der Waals surface area (Å²) in [5, 5.41) is 0. The minimum absolute atomic E-state index is 0.261. The number of carbonyl (C=O) groups is 1. The van der Waals surface area contributed by atoms with Gasteiger partial charge in [0.1, 0.15) is 0 Å². The van der Waals surface area contributed by atoms with Gasteiger partial charge in [0.25, 0.3) is 0 Å². The van der Waals surface area contributed by atoms with Crippen LogP contribution >= 0.6 is 0 Å². The molecule has 0 aromatic heterocycles. The van der Waals surface area contributed by atoms with Crippen molar-refractivity contribution in [2.45, 2.75) is 45.1 Å². The first-order valence-corrected chi connectivity index (χ1v) is 9.02. The molecule has 0 heterocycles. The molecular formula is C14H28O5Si. The van der Waals surface area contributed by atoms with Crippen molar-refractivity contribution in [3.8, 4) is 0 Å². The Hall–Kier alpha value is -0.693. The van der Waals surface area contributed by atoms with Crippen LogP contribution in [0.5, 0.6) is 0 Å². The van der Waals surface area contributed by atoms with Crippen LogP contribution in [0.2, 0.25) is 6.04 Å². The standard InChI is InChI=1S/C14H28O5Si/c1-5-11-14(15)19-12-9-7-6-8-10-13-20(16-2,17-3)18-4/h5,11H,6-10,12-13H2,1-4H3. The third kappa shape index (κ3) is 8.47. The van der Waals surface area contributed by atoms with Crippen molar-refractivity contribution in [2.75, 3.05) is 27.9 Å². The van der Waals surface area contributed by atoms with Gasteiger partial charge in [-0.15, -0.1) is 0 Å². The lowest BCUT2D eigenvalue weighted by molar-refractivity contribution is -0.137. The molecule has 5 nitrogen and oxygen atoms in total. The van der Waals surface area contributed by atoms with E-state index >= 15 is 0 Å². The molecule has 20 heavy (non-hydrogen) atoms. The summed E-state index contributed by atoms with van der Waals surface area (Å²) in [6, 6.07) is 0.840. The summed E-state index contributed by atoms with van der Waals surface area (Å²) in [6.07, 6.45) is 8.33. The summed E-state index contributed by atoms with van der Waals surface area (Å²) in [6.45, 7) is 2.29. The van der Waals surface area contributed by atoms with Gasteiger partial charge in [0.15, 0.2) is 0 Å². The molecule has 0 rings (SSSR count). The highest BCUT2D eigenvalue weighted by molar-refractivity contribution is 6.60. The third-order valence-electron chi connectivity index (χ3n) is 3.11. The fourth-order valence-corrected chi connectivity index (χ4v) is 3.68. The second kappa shape index (κ2) is 12.1. The third-order valence-corrected chi connectivity index (χ3v) is 5.94. The van der Waals surface area contributed by atoms with Gasteiger partial charge in [-0.1, -0.05) is 25.3 Å². The predicted octanol–water partition coefficient (Wildman–Crippen LogP) is 2.93. The summed E-state index contributed by atoms with van der Waals surface area (Å²) in [4.78, 5) is 11.0. The Morgan fingerprint density at radius 3 is 2.05 bits per heavy atom. The van der Waals surface area contributed by atoms with Gasteiger partial charge in [-0.3, -0.25) is 0 Å². The largest absolute Gasteiger partial charge is 0.500 e. The molecule has 6 heteroatoms. The number of rotatable bonds is 12. The SMILES string of the molecule is CC=CC(=O)OCCCCCCC[Si](OC)(OC)OC. The molecule has 0 aliphatic heterocycles. The van der Waals surface area contributed by atoms with E-state index in [2.05, 4.69) is 0 Å². The molecule has 0 fully saturated rings. The quantitative estimate of drug-likeness (QED) is 0.240. The lowest BCUT2D eigenvalue weighted by Gasteiger charge is -2.24. The topological polar surface area (TPSA) is 54.0 Å².